The zero-order valence-electron chi connectivity index (χ0n) is 38.7. The minimum atomic E-state index is -1.15. The van der Waals surface area contributed by atoms with Crippen LogP contribution in [0.15, 0.2) is 89.0 Å². The predicted octanol–water partition coefficient (Wildman–Crippen LogP) is 7.62. The monoisotopic (exact) mass is 931 g/mol. The average Bonchev–Trinajstić information content (AvgIpc) is 3.92. The van der Waals surface area contributed by atoms with E-state index in [1.54, 1.807) is 75.3 Å². The molecule has 16 nitrogen and oxygen atoms in total. The van der Waals surface area contributed by atoms with Crippen LogP contribution in [0.1, 0.15) is 82.7 Å². The summed E-state index contributed by atoms with van der Waals surface area (Å²) in [5.74, 6) is -1.01. The Balaban J connectivity index is 0.000000265. The number of esters is 1. The van der Waals surface area contributed by atoms with Gasteiger partial charge in [-0.2, -0.15) is 0 Å². The van der Waals surface area contributed by atoms with E-state index >= 15 is 0 Å². The van der Waals surface area contributed by atoms with Crippen LogP contribution in [-0.2, 0) is 31.9 Å². The number of halogens is 2. The third kappa shape index (κ3) is 8.95. The fraction of sp³-hybridized carbons (Fsp3) is 0.327. The first-order valence-electron chi connectivity index (χ1n) is 21.6. The molecule has 1 atom stereocenters. The number of benzene rings is 3. The topological polar surface area (TPSA) is 171 Å². The molecule has 1 aliphatic heterocycles. The normalized spacial score (nSPS) is 13.7. The molecule has 9 rings (SSSR count). The van der Waals surface area contributed by atoms with Crippen LogP contribution in [0.25, 0.3) is 33.1 Å². The maximum Gasteiger partial charge on any atom is 0.361 e. The number of rotatable bonds is 10. The van der Waals surface area contributed by atoms with Crippen LogP contribution in [-0.4, -0.2) is 86.8 Å². The van der Waals surface area contributed by atoms with E-state index < -0.39 is 23.7 Å². The SMILES string of the molecule is COc1ccc(CN(c2ccc(Cl)nc2CN2CC(F)C2)C(C)c2cc(C)cc3c(=O)n(C)c4c(C(=O)OC(C)(C)C)ncn4c23)cc1.Cc1ccc2c(c1)c(=O)n(C)c1c(C(=O)O)ncn21. The molecule has 0 spiro atoms. The van der Waals surface area contributed by atoms with Crippen molar-refractivity contribution in [3.8, 4) is 5.75 Å². The molecular weight excluding hydrogens is 881 g/mol. The smallest absolute Gasteiger partial charge is 0.361 e. The minimum Gasteiger partial charge on any atom is -0.497 e. The molecule has 0 bridgehead atoms. The lowest BCUT2D eigenvalue weighted by Gasteiger charge is -2.37. The number of carboxylic acid groups (broad SMARTS) is 1. The number of ether oxygens (including phenoxy) is 2. The van der Waals surface area contributed by atoms with Gasteiger partial charge in [0.2, 0.25) is 0 Å². The van der Waals surface area contributed by atoms with Crippen LogP contribution in [0.3, 0.4) is 0 Å². The maximum absolute atomic E-state index is 14.0. The van der Waals surface area contributed by atoms with E-state index in [0.717, 1.165) is 39.4 Å². The number of likely N-dealkylation sites (tertiary alicyclic amines) is 1. The second kappa shape index (κ2) is 17.9. The summed E-state index contributed by atoms with van der Waals surface area (Å²) in [6, 6.07) is 20.6. The third-order valence-electron chi connectivity index (χ3n) is 11.9. The molecule has 18 heteroatoms. The van der Waals surface area contributed by atoms with Gasteiger partial charge in [0, 0.05) is 40.3 Å². The number of aromatic carboxylic acids is 1. The summed E-state index contributed by atoms with van der Waals surface area (Å²) in [5, 5.41) is 10.5. The molecule has 67 heavy (non-hydrogen) atoms. The number of fused-ring (bicyclic) bond motifs is 6. The Morgan fingerprint density at radius 3 is 2.15 bits per heavy atom. The lowest BCUT2D eigenvalue weighted by Crippen LogP contribution is -2.47. The van der Waals surface area contributed by atoms with E-state index in [2.05, 4.69) is 27.9 Å². The Bertz CT molecular complexity index is 3370. The second-order valence-corrected chi connectivity index (χ2v) is 18.3. The highest BCUT2D eigenvalue weighted by molar-refractivity contribution is 6.29. The number of pyridine rings is 1. The largest absolute Gasteiger partial charge is 0.497 e. The molecule has 348 valence electrons. The van der Waals surface area contributed by atoms with Gasteiger partial charge in [-0.1, -0.05) is 41.4 Å². The Hall–Kier alpha value is -7.11. The summed E-state index contributed by atoms with van der Waals surface area (Å²) in [6.07, 6.45) is 2.14. The molecule has 1 N–H and O–H groups in total. The van der Waals surface area contributed by atoms with Crippen LogP contribution in [0.5, 0.6) is 5.75 Å². The molecule has 0 radical (unpaired) electrons. The highest BCUT2D eigenvalue weighted by atomic mass is 35.5. The average molecular weight is 932 g/mol. The van der Waals surface area contributed by atoms with Crippen LogP contribution in [0, 0.1) is 13.8 Å². The van der Waals surface area contributed by atoms with E-state index in [-0.39, 0.29) is 34.2 Å². The summed E-state index contributed by atoms with van der Waals surface area (Å²) in [7, 11) is 4.82. The van der Waals surface area contributed by atoms with Gasteiger partial charge in [-0.3, -0.25) is 32.4 Å². The van der Waals surface area contributed by atoms with Crippen molar-refractivity contribution in [3.63, 3.8) is 0 Å². The first-order valence-corrected chi connectivity index (χ1v) is 22.0. The van der Waals surface area contributed by atoms with E-state index in [9.17, 15) is 23.6 Å². The molecule has 0 amide bonds. The lowest BCUT2D eigenvalue weighted by atomic mass is 9.98. The van der Waals surface area contributed by atoms with Gasteiger partial charge in [0.05, 0.1) is 46.3 Å². The van der Waals surface area contributed by atoms with Crippen LogP contribution in [0.4, 0.5) is 10.1 Å². The molecule has 0 saturated carbocycles. The van der Waals surface area contributed by atoms with E-state index in [0.29, 0.717) is 58.8 Å². The molecule has 5 aromatic heterocycles. The quantitative estimate of drug-likeness (QED) is 0.105. The van der Waals surface area contributed by atoms with Crippen molar-refractivity contribution < 1.29 is 28.6 Å². The summed E-state index contributed by atoms with van der Waals surface area (Å²) in [6.45, 7) is 12.9. The fourth-order valence-corrected chi connectivity index (χ4v) is 8.81. The summed E-state index contributed by atoms with van der Waals surface area (Å²) >= 11 is 6.43. The van der Waals surface area contributed by atoms with Crippen molar-refractivity contribution in [1.29, 1.82) is 0 Å². The van der Waals surface area contributed by atoms with E-state index in [1.165, 1.54) is 15.5 Å². The molecule has 8 aromatic rings. The van der Waals surface area contributed by atoms with Crippen LogP contribution in [0.2, 0.25) is 5.15 Å². The Morgan fingerprint density at radius 1 is 0.881 bits per heavy atom. The first-order chi connectivity index (χ1) is 31.7. The van der Waals surface area contributed by atoms with Gasteiger partial charge in [0.25, 0.3) is 11.1 Å². The molecule has 1 fully saturated rings. The molecule has 6 heterocycles. The second-order valence-electron chi connectivity index (χ2n) is 17.9. The molecule has 1 aliphatic rings. The predicted molar refractivity (Wildman–Crippen MR) is 254 cm³/mol. The zero-order valence-corrected chi connectivity index (χ0v) is 39.4. The van der Waals surface area contributed by atoms with Gasteiger partial charge in [-0.15, -0.1) is 0 Å². The fourth-order valence-electron chi connectivity index (χ4n) is 8.65. The van der Waals surface area contributed by atoms with Gasteiger partial charge in [-0.25, -0.2) is 28.9 Å². The van der Waals surface area contributed by atoms with Gasteiger partial charge < -0.3 is 19.5 Å². The lowest BCUT2D eigenvalue weighted by molar-refractivity contribution is 0.00649. The van der Waals surface area contributed by atoms with Crippen molar-refractivity contribution in [2.75, 3.05) is 25.1 Å². The number of anilines is 1. The number of hydrogen-bond acceptors (Lipinski definition) is 11. The number of hydrogen-bond donors (Lipinski definition) is 1. The third-order valence-corrected chi connectivity index (χ3v) is 12.1. The van der Waals surface area contributed by atoms with Crippen molar-refractivity contribution in [3.05, 3.63) is 145 Å². The van der Waals surface area contributed by atoms with Crippen molar-refractivity contribution >= 4 is 62.3 Å². The summed E-state index contributed by atoms with van der Waals surface area (Å²) in [4.78, 5) is 68.0. The van der Waals surface area contributed by atoms with Crippen LogP contribution < -0.4 is 20.8 Å². The van der Waals surface area contributed by atoms with Crippen molar-refractivity contribution in [1.82, 2.24) is 37.8 Å². The molecular formula is C49H51ClFN9O7. The number of carboxylic acids is 1. The number of nitrogens with zero attached hydrogens (tertiary/aromatic N) is 9. The zero-order chi connectivity index (χ0) is 48.2. The Labute approximate surface area is 389 Å². The molecule has 1 saturated heterocycles. The van der Waals surface area contributed by atoms with Gasteiger partial charge in [0.15, 0.2) is 22.7 Å². The number of methoxy groups -OCH3 is 1. The standard InChI is InChI=1S/C36H40ClFN6O4.C13H11N3O3/c1-21-14-26(32-27(15-21)34(45)41(6)33-31(39-20-44(32)33)35(46)48-36(3,4)5)22(2)43(16-23-8-10-25(47-7)11-9-23)29-12-13-30(37)40-28(29)19-42-17-24(38)18-42;1-7-3-4-9-8(5-7)12(17)15(2)11-10(13(18)19)14-6-16(9)11/h8-15,20,22,24H,16-19H2,1-7H3;3-6H,1-2H3,(H,18,19). The van der Waals surface area contributed by atoms with Gasteiger partial charge in [-0.05, 0) is 101 Å². The van der Waals surface area contributed by atoms with Gasteiger partial charge >= 0.3 is 11.9 Å². The number of aryl methyl sites for hydroxylation is 4. The summed E-state index contributed by atoms with van der Waals surface area (Å²) in [5.41, 5.74) is 5.94. The summed E-state index contributed by atoms with van der Waals surface area (Å²) < 4.78 is 31.1. The van der Waals surface area contributed by atoms with E-state index in [4.69, 9.17) is 31.2 Å². The maximum atomic E-state index is 14.0. The van der Waals surface area contributed by atoms with Crippen molar-refractivity contribution in [2.45, 2.75) is 72.4 Å². The molecule has 1 unspecified atom stereocenters. The van der Waals surface area contributed by atoms with Crippen LogP contribution >= 0.6 is 11.6 Å². The highest BCUT2D eigenvalue weighted by Crippen LogP contribution is 2.37. The number of aromatic nitrogens is 7. The first kappa shape index (κ1) is 46.4. The van der Waals surface area contributed by atoms with Crippen molar-refractivity contribution in [2.24, 2.45) is 14.1 Å². The number of alkyl halides is 1. The number of carbonyl (C=O) groups excluding carboxylic acids is 1. The number of carbonyl (C=O) groups is 2. The van der Waals surface area contributed by atoms with E-state index in [1.807, 2.05) is 61.2 Å². The highest BCUT2D eigenvalue weighted by Gasteiger charge is 2.31. The Morgan fingerprint density at radius 2 is 1.51 bits per heavy atom. The number of imidazole rings is 2. The van der Waals surface area contributed by atoms with Gasteiger partial charge in [0.1, 0.15) is 35.3 Å². The minimum absolute atomic E-state index is 0.0607. The molecule has 0 aliphatic carbocycles. The Kier molecular flexibility index (Phi) is 12.4. The molecule has 3 aromatic carbocycles.